The van der Waals surface area contributed by atoms with Gasteiger partial charge in [-0.15, -0.1) is 12.4 Å². The summed E-state index contributed by atoms with van der Waals surface area (Å²) in [6.07, 6.45) is 4.24. The van der Waals surface area contributed by atoms with Crippen LogP contribution in [-0.4, -0.2) is 42.9 Å². The summed E-state index contributed by atoms with van der Waals surface area (Å²) < 4.78 is 5.96. The Morgan fingerprint density at radius 3 is 2.65 bits per heavy atom. The van der Waals surface area contributed by atoms with E-state index in [0.717, 1.165) is 13.2 Å². The summed E-state index contributed by atoms with van der Waals surface area (Å²) in [5.74, 6) is 0.660. The van der Waals surface area contributed by atoms with Crippen molar-refractivity contribution in [1.82, 2.24) is 10.2 Å². The Balaban J connectivity index is 0.00000144. The van der Waals surface area contributed by atoms with Gasteiger partial charge >= 0.3 is 0 Å². The van der Waals surface area contributed by atoms with Gasteiger partial charge in [0.2, 0.25) is 0 Å². The number of piperidine rings is 1. The fourth-order valence-electron chi connectivity index (χ4n) is 2.90. The Morgan fingerprint density at radius 1 is 1.29 bits per heavy atom. The lowest BCUT2D eigenvalue weighted by molar-refractivity contribution is -0.0875. The molecule has 3 nitrogen and oxygen atoms in total. The molecule has 0 bridgehead atoms. The molecule has 0 aromatic heterocycles. The van der Waals surface area contributed by atoms with Gasteiger partial charge in [0.05, 0.1) is 6.61 Å². The number of rotatable bonds is 2. The molecule has 4 heteroatoms. The molecule has 2 saturated heterocycles. The highest BCUT2D eigenvalue weighted by molar-refractivity contribution is 5.85. The van der Waals surface area contributed by atoms with Gasteiger partial charge in [-0.05, 0) is 39.2 Å². The monoisotopic (exact) mass is 262 g/mol. The zero-order valence-electron chi connectivity index (χ0n) is 11.3. The SMILES string of the molecule is CC1CNC(C2CCCCN2C(C)C)OC1.Cl. The minimum atomic E-state index is 0. The summed E-state index contributed by atoms with van der Waals surface area (Å²) in [7, 11) is 0. The molecule has 0 radical (unpaired) electrons. The molecule has 0 saturated carbocycles. The van der Waals surface area contributed by atoms with E-state index in [2.05, 4.69) is 31.0 Å². The molecule has 2 aliphatic heterocycles. The predicted molar refractivity (Wildman–Crippen MR) is 73.6 cm³/mol. The highest BCUT2D eigenvalue weighted by Crippen LogP contribution is 2.24. The van der Waals surface area contributed by atoms with E-state index >= 15 is 0 Å². The van der Waals surface area contributed by atoms with Crippen molar-refractivity contribution in [1.29, 1.82) is 0 Å². The maximum Gasteiger partial charge on any atom is 0.123 e. The van der Waals surface area contributed by atoms with E-state index in [4.69, 9.17) is 4.74 Å². The van der Waals surface area contributed by atoms with Crippen LogP contribution in [0.2, 0.25) is 0 Å². The van der Waals surface area contributed by atoms with Crippen molar-refractivity contribution in [3.8, 4) is 0 Å². The van der Waals surface area contributed by atoms with Crippen LogP contribution in [0.3, 0.4) is 0 Å². The van der Waals surface area contributed by atoms with Crippen molar-refractivity contribution in [2.45, 2.75) is 58.3 Å². The number of halogens is 1. The summed E-state index contributed by atoms with van der Waals surface area (Å²) >= 11 is 0. The first kappa shape index (κ1) is 15.2. The molecule has 0 amide bonds. The Hall–Kier alpha value is 0.170. The van der Waals surface area contributed by atoms with Gasteiger partial charge < -0.3 is 4.74 Å². The highest BCUT2D eigenvalue weighted by atomic mass is 35.5. The van der Waals surface area contributed by atoms with Crippen LogP contribution in [0, 0.1) is 5.92 Å². The molecule has 2 fully saturated rings. The van der Waals surface area contributed by atoms with Crippen LogP contribution in [0.4, 0.5) is 0 Å². The number of likely N-dealkylation sites (tertiary alicyclic amines) is 1. The standard InChI is InChI=1S/C13H26N2O.ClH/c1-10(2)15-7-5-4-6-12(15)13-14-8-11(3)9-16-13;/h10-14H,4-9H2,1-3H3;1H. The van der Waals surface area contributed by atoms with Gasteiger partial charge in [0.1, 0.15) is 6.23 Å². The molecule has 0 aromatic rings. The largest absolute Gasteiger partial charge is 0.361 e. The summed E-state index contributed by atoms with van der Waals surface area (Å²) in [5.41, 5.74) is 0. The average molecular weight is 263 g/mol. The average Bonchev–Trinajstić information content (AvgIpc) is 2.30. The Bertz CT molecular complexity index is 217. The smallest absolute Gasteiger partial charge is 0.123 e. The van der Waals surface area contributed by atoms with Crippen molar-refractivity contribution in [2.75, 3.05) is 19.7 Å². The van der Waals surface area contributed by atoms with Crippen molar-refractivity contribution < 1.29 is 4.74 Å². The first-order chi connectivity index (χ1) is 7.68. The molecule has 0 spiro atoms. The number of ether oxygens (including phenoxy) is 1. The number of hydrogen-bond acceptors (Lipinski definition) is 3. The van der Waals surface area contributed by atoms with E-state index < -0.39 is 0 Å². The zero-order chi connectivity index (χ0) is 11.5. The van der Waals surface area contributed by atoms with E-state index in [1.807, 2.05) is 0 Å². The molecule has 0 aromatic carbocycles. The molecular weight excluding hydrogens is 236 g/mol. The van der Waals surface area contributed by atoms with Crippen LogP contribution >= 0.6 is 12.4 Å². The van der Waals surface area contributed by atoms with E-state index in [1.54, 1.807) is 0 Å². The number of hydrogen-bond donors (Lipinski definition) is 1. The highest BCUT2D eigenvalue weighted by Gasteiger charge is 2.33. The zero-order valence-corrected chi connectivity index (χ0v) is 12.1. The Morgan fingerprint density at radius 2 is 2.06 bits per heavy atom. The first-order valence-corrected chi connectivity index (χ1v) is 6.79. The van der Waals surface area contributed by atoms with Crippen molar-refractivity contribution in [2.24, 2.45) is 5.92 Å². The molecule has 3 unspecified atom stereocenters. The van der Waals surface area contributed by atoms with Crippen molar-refractivity contribution in [3.63, 3.8) is 0 Å². The van der Waals surface area contributed by atoms with Crippen LogP contribution in [0.1, 0.15) is 40.0 Å². The van der Waals surface area contributed by atoms with Crippen LogP contribution in [-0.2, 0) is 4.74 Å². The lowest BCUT2D eigenvalue weighted by atomic mass is 9.98. The second-order valence-corrected chi connectivity index (χ2v) is 5.66. The second kappa shape index (κ2) is 6.93. The lowest BCUT2D eigenvalue weighted by Crippen LogP contribution is -2.58. The third-order valence-electron chi connectivity index (χ3n) is 3.83. The summed E-state index contributed by atoms with van der Waals surface area (Å²) in [4.78, 5) is 2.61. The molecule has 1 N–H and O–H groups in total. The quantitative estimate of drug-likeness (QED) is 0.826. The maximum absolute atomic E-state index is 5.96. The van der Waals surface area contributed by atoms with Crippen molar-refractivity contribution >= 4 is 12.4 Å². The van der Waals surface area contributed by atoms with Gasteiger partial charge in [0.25, 0.3) is 0 Å². The van der Waals surface area contributed by atoms with Gasteiger partial charge in [0.15, 0.2) is 0 Å². The number of nitrogens with zero attached hydrogens (tertiary/aromatic N) is 1. The van der Waals surface area contributed by atoms with E-state index in [1.165, 1.54) is 25.8 Å². The molecule has 2 aliphatic rings. The predicted octanol–water partition coefficient (Wildman–Crippen LogP) is 2.25. The Kier molecular flexibility index (Phi) is 6.21. The normalized spacial score (nSPS) is 35.6. The van der Waals surface area contributed by atoms with Gasteiger partial charge in [-0.3, -0.25) is 10.2 Å². The molecule has 2 rings (SSSR count). The van der Waals surface area contributed by atoms with Crippen LogP contribution in [0.25, 0.3) is 0 Å². The number of nitrogens with one attached hydrogen (secondary N) is 1. The minimum absolute atomic E-state index is 0. The summed E-state index contributed by atoms with van der Waals surface area (Å²) in [6, 6.07) is 1.22. The molecule has 2 heterocycles. The van der Waals surface area contributed by atoms with Crippen LogP contribution in [0.5, 0.6) is 0 Å². The molecule has 17 heavy (non-hydrogen) atoms. The van der Waals surface area contributed by atoms with Crippen LogP contribution in [0.15, 0.2) is 0 Å². The van der Waals surface area contributed by atoms with Gasteiger partial charge in [-0.25, -0.2) is 0 Å². The lowest BCUT2D eigenvalue weighted by Gasteiger charge is -2.44. The van der Waals surface area contributed by atoms with E-state index in [0.29, 0.717) is 18.0 Å². The molecule has 3 atom stereocenters. The topological polar surface area (TPSA) is 24.5 Å². The fraction of sp³-hybridized carbons (Fsp3) is 1.00. The second-order valence-electron chi connectivity index (χ2n) is 5.66. The summed E-state index contributed by atoms with van der Waals surface area (Å²) in [6.45, 7) is 10.1. The third kappa shape index (κ3) is 3.82. The van der Waals surface area contributed by atoms with E-state index in [9.17, 15) is 0 Å². The maximum atomic E-state index is 5.96. The molecular formula is C13H27ClN2O. The molecule has 0 aliphatic carbocycles. The Labute approximate surface area is 112 Å². The summed E-state index contributed by atoms with van der Waals surface area (Å²) in [5, 5.41) is 3.56. The van der Waals surface area contributed by atoms with Crippen molar-refractivity contribution in [3.05, 3.63) is 0 Å². The first-order valence-electron chi connectivity index (χ1n) is 6.79. The van der Waals surface area contributed by atoms with E-state index in [-0.39, 0.29) is 18.6 Å². The van der Waals surface area contributed by atoms with Gasteiger partial charge in [-0.2, -0.15) is 0 Å². The van der Waals surface area contributed by atoms with Gasteiger partial charge in [0, 0.05) is 18.6 Å². The van der Waals surface area contributed by atoms with Crippen LogP contribution < -0.4 is 5.32 Å². The third-order valence-corrected chi connectivity index (χ3v) is 3.83. The molecule has 102 valence electrons. The fourth-order valence-corrected chi connectivity index (χ4v) is 2.90. The minimum Gasteiger partial charge on any atom is -0.361 e. The van der Waals surface area contributed by atoms with Gasteiger partial charge in [-0.1, -0.05) is 13.3 Å².